The summed E-state index contributed by atoms with van der Waals surface area (Å²) in [5, 5.41) is 3.24. The van der Waals surface area contributed by atoms with Crippen LogP contribution in [0.2, 0.25) is 5.02 Å². The van der Waals surface area contributed by atoms with Crippen LogP contribution in [0.5, 0.6) is 0 Å². The third-order valence-corrected chi connectivity index (χ3v) is 7.32. The largest absolute Gasteiger partial charge is 0.454 e. The van der Waals surface area contributed by atoms with Crippen LogP contribution in [0.4, 0.5) is 11.4 Å². The van der Waals surface area contributed by atoms with E-state index < -0.39 is 18.5 Å². The number of anilines is 2. The first-order valence-corrected chi connectivity index (χ1v) is 13.1. The number of hydrogen-bond acceptors (Lipinski definition) is 6. The molecule has 1 aliphatic carbocycles. The van der Waals surface area contributed by atoms with E-state index in [2.05, 4.69) is 5.32 Å². The van der Waals surface area contributed by atoms with Gasteiger partial charge in [0.2, 0.25) is 11.8 Å². The zero-order valence-corrected chi connectivity index (χ0v) is 22.3. The first kappa shape index (κ1) is 27.0. The number of halogens is 1. The Hall–Kier alpha value is -4.56. The predicted octanol–water partition coefficient (Wildman–Crippen LogP) is 5.48. The van der Waals surface area contributed by atoms with Crippen LogP contribution in [0.25, 0.3) is 0 Å². The SMILES string of the molecule is CC1=CC[C@@H]2C(=O)N(c3cccc(C(=O)Nc4ccc(C(=O)OCC(=O)c5ccc(Cl)cc5)cc4)c3)C(=O)[C@H]2C1. The number of nitrogens with zero attached hydrogens (tertiary/aromatic N) is 1. The summed E-state index contributed by atoms with van der Waals surface area (Å²) in [4.78, 5) is 64.8. The lowest BCUT2D eigenvalue weighted by atomic mass is 9.82. The standard InChI is InChI=1S/C31H25ClN2O6/c1-18-5-14-25-26(15-18)30(38)34(29(25)37)24-4-2-3-21(16-24)28(36)33-23-12-8-20(9-13-23)31(39)40-17-27(35)19-6-10-22(32)11-7-19/h2-13,16,25-26H,14-15,17H2,1H3,(H,33,36)/t25-,26-/m0/s1. The summed E-state index contributed by atoms with van der Waals surface area (Å²) in [5.41, 5.74) is 2.74. The molecule has 1 saturated heterocycles. The second-order valence-corrected chi connectivity index (χ2v) is 10.2. The van der Waals surface area contributed by atoms with Crippen molar-refractivity contribution in [2.24, 2.45) is 11.8 Å². The average Bonchev–Trinajstić information content (AvgIpc) is 3.20. The fraction of sp³-hybridized carbons (Fsp3) is 0.194. The van der Waals surface area contributed by atoms with Crippen LogP contribution < -0.4 is 10.2 Å². The number of Topliss-reactive ketones (excluding diaryl/α,β-unsaturated/α-hetero) is 1. The summed E-state index contributed by atoms with van der Waals surface area (Å²) in [6, 6.07) is 18.7. The summed E-state index contributed by atoms with van der Waals surface area (Å²) < 4.78 is 5.11. The molecule has 5 rings (SSSR count). The second kappa shape index (κ2) is 11.3. The maximum atomic E-state index is 13.0. The zero-order chi connectivity index (χ0) is 28.4. The number of nitrogens with one attached hydrogen (secondary N) is 1. The Morgan fingerprint density at radius 3 is 2.30 bits per heavy atom. The van der Waals surface area contributed by atoms with Gasteiger partial charge in [0.15, 0.2) is 12.4 Å². The van der Waals surface area contributed by atoms with Crippen LogP contribution in [0, 0.1) is 11.8 Å². The van der Waals surface area contributed by atoms with Crippen LogP contribution >= 0.6 is 11.6 Å². The molecule has 0 aromatic heterocycles. The highest BCUT2D eigenvalue weighted by Crippen LogP contribution is 2.39. The molecule has 1 fully saturated rings. The molecule has 3 aromatic carbocycles. The molecule has 0 unspecified atom stereocenters. The van der Waals surface area contributed by atoms with Gasteiger partial charge in [0.1, 0.15) is 0 Å². The van der Waals surface area contributed by atoms with E-state index in [0.717, 1.165) is 5.57 Å². The van der Waals surface area contributed by atoms with Crippen molar-refractivity contribution < 1.29 is 28.7 Å². The van der Waals surface area contributed by atoms with Gasteiger partial charge in [-0.15, -0.1) is 0 Å². The summed E-state index contributed by atoms with van der Waals surface area (Å²) in [5.74, 6) is -2.70. The number of hydrogen-bond donors (Lipinski definition) is 1. The van der Waals surface area contributed by atoms with Gasteiger partial charge in [0, 0.05) is 21.8 Å². The van der Waals surface area contributed by atoms with Crippen LogP contribution in [-0.2, 0) is 14.3 Å². The van der Waals surface area contributed by atoms with E-state index >= 15 is 0 Å². The highest BCUT2D eigenvalue weighted by Gasteiger charge is 2.48. The smallest absolute Gasteiger partial charge is 0.338 e. The van der Waals surface area contributed by atoms with Gasteiger partial charge in [-0.1, -0.05) is 29.3 Å². The molecule has 2 aliphatic rings. The summed E-state index contributed by atoms with van der Waals surface area (Å²) >= 11 is 5.82. The van der Waals surface area contributed by atoms with Crippen molar-refractivity contribution in [2.75, 3.05) is 16.8 Å². The summed E-state index contributed by atoms with van der Waals surface area (Å²) in [7, 11) is 0. The van der Waals surface area contributed by atoms with E-state index in [-0.39, 0.29) is 40.6 Å². The van der Waals surface area contributed by atoms with Crippen LogP contribution in [0.1, 0.15) is 50.8 Å². The Morgan fingerprint density at radius 2 is 1.57 bits per heavy atom. The van der Waals surface area contributed by atoms with Gasteiger partial charge in [0.25, 0.3) is 5.91 Å². The first-order chi connectivity index (χ1) is 19.2. The van der Waals surface area contributed by atoms with E-state index in [1.54, 1.807) is 42.5 Å². The van der Waals surface area contributed by atoms with Crippen molar-refractivity contribution in [1.82, 2.24) is 0 Å². The minimum atomic E-state index is -0.682. The molecule has 1 N–H and O–H groups in total. The van der Waals surface area contributed by atoms with Gasteiger partial charge in [-0.05, 0) is 86.5 Å². The molecule has 3 aromatic rings. The Morgan fingerprint density at radius 1 is 0.900 bits per heavy atom. The summed E-state index contributed by atoms with van der Waals surface area (Å²) in [6.07, 6.45) is 3.11. The lowest BCUT2D eigenvalue weighted by Gasteiger charge is -2.18. The summed E-state index contributed by atoms with van der Waals surface area (Å²) in [6.45, 7) is 1.54. The van der Waals surface area contributed by atoms with Gasteiger partial charge in [-0.2, -0.15) is 0 Å². The van der Waals surface area contributed by atoms with Gasteiger partial charge >= 0.3 is 5.97 Å². The Balaban J connectivity index is 1.20. The Kier molecular flexibility index (Phi) is 7.62. The van der Waals surface area contributed by atoms with E-state index in [1.807, 2.05) is 13.0 Å². The number of carbonyl (C=O) groups is 5. The Bertz CT molecular complexity index is 1540. The van der Waals surface area contributed by atoms with Crippen molar-refractivity contribution in [3.63, 3.8) is 0 Å². The molecule has 202 valence electrons. The maximum absolute atomic E-state index is 13.0. The van der Waals surface area contributed by atoms with E-state index in [1.165, 1.54) is 35.2 Å². The molecule has 9 heteroatoms. The molecule has 1 heterocycles. The molecule has 8 nitrogen and oxygen atoms in total. The molecule has 0 saturated carbocycles. The minimum absolute atomic E-state index is 0.209. The molecule has 0 radical (unpaired) electrons. The minimum Gasteiger partial charge on any atom is -0.454 e. The zero-order valence-electron chi connectivity index (χ0n) is 21.6. The van der Waals surface area contributed by atoms with Crippen LogP contribution in [0.3, 0.4) is 0 Å². The molecule has 2 atom stereocenters. The van der Waals surface area contributed by atoms with Crippen LogP contribution in [-0.4, -0.2) is 36.1 Å². The fourth-order valence-corrected chi connectivity index (χ4v) is 5.03. The van der Waals surface area contributed by atoms with Gasteiger partial charge in [0.05, 0.1) is 23.1 Å². The monoisotopic (exact) mass is 556 g/mol. The molecular weight excluding hydrogens is 532 g/mol. The van der Waals surface area contributed by atoms with E-state index in [9.17, 15) is 24.0 Å². The lowest BCUT2D eigenvalue weighted by molar-refractivity contribution is -0.122. The van der Waals surface area contributed by atoms with Gasteiger partial charge < -0.3 is 10.1 Å². The molecule has 1 aliphatic heterocycles. The highest BCUT2D eigenvalue weighted by atomic mass is 35.5. The van der Waals surface area contributed by atoms with Crippen molar-refractivity contribution in [2.45, 2.75) is 19.8 Å². The third-order valence-electron chi connectivity index (χ3n) is 7.07. The van der Waals surface area contributed by atoms with E-state index in [0.29, 0.717) is 34.8 Å². The normalized spacial score (nSPS) is 18.1. The highest BCUT2D eigenvalue weighted by molar-refractivity contribution is 6.30. The van der Waals surface area contributed by atoms with Crippen molar-refractivity contribution >= 4 is 52.4 Å². The first-order valence-electron chi connectivity index (χ1n) is 12.7. The number of fused-ring (bicyclic) bond motifs is 1. The number of amides is 3. The number of allylic oxidation sites excluding steroid dienone is 2. The van der Waals surface area contributed by atoms with Crippen molar-refractivity contribution in [1.29, 1.82) is 0 Å². The lowest BCUT2D eigenvalue weighted by Crippen LogP contribution is -2.31. The van der Waals surface area contributed by atoms with Crippen molar-refractivity contribution in [3.8, 4) is 0 Å². The number of benzene rings is 3. The fourth-order valence-electron chi connectivity index (χ4n) is 4.90. The number of rotatable bonds is 7. The Labute approximate surface area is 235 Å². The third kappa shape index (κ3) is 5.58. The number of ketones is 1. The molecule has 0 spiro atoms. The quantitative estimate of drug-likeness (QED) is 0.179. The average molecular weight is 557 g/mol. The molecule has 40 heavy (non-hydrogen) atoms. The predicted molar refractivity (Wildman–Crippen MR) is 149 cm³/mol. The van der Waals surface area contributed by atoms with Gasteiger partial charge in [-0.25, -0.2) is 4.79 Å². The number of ether oxygens (including phenoxy) is 1. The van der Waals surface area contributed by atoms with Crippen molar-refractivity contribution in [3.05, 3.63) is 106 Å². The molecule has 0 bridgehead atoms. The topological polar surface area (TPSA) is 110 Å². The molecular formula is C31H25ClN2O6. The maximum Gasteiger partial charge on any atom is 0.338 e. The molecule has 3 amide bonds. The second-order valence-electron chi connectivity index (χ2n) is 9.80. The number of carbonyl (C=O) groups excluding carboxylic acids is 5. The number of imide groups is 1. The van der Waals surface area contributed by atoms with E-state index in [4.69, 9.17) is 16.3 Å². The van der Waals surface area contributed by atoms with Crippen LogP contribution in [0.15, 0.2) is 84.4 Å². The van der Waals surface area contributed by atoms with Gasteiger partial charge in [-0.3, -0.25) is 24.1 Å². The number of esters is 1.